The standard InChI is InChI=1S/C27H29N5O4S3.ClH/c1-39(34,35)30-21-3-5-25(6-4-21)36-26-7-2-20(16-28-26)17-31-12-8-23(9-13-31)32(24-11-15-38-19-24)27(33)29-22-10-14-37-18-22;/h2-7,10-11,14-16,18-19,23,30H,8-9,12-13,17H2,1H3,(H,29,33);1H. The topological polar surface area (TPSA) is 104 Å². The Labute approximate surface area is 248 Å². The monoisotopic (exact) mass is 619 g/mol. The first-order valence-electron chi connectivity index (χ1n) is 12.4. The first-order chi connectivity index (χ1) is 18.8. The Morgan fingerprint density at radius 2 is 1.75 bits per heavy atom. The lowest BCUT2D eigenvalue weighted by molar-refractivity contribution is 0.199. The average Bonchev–Trinajstić information content (AvgIpc) is 3.62. The lowest BCUT2D eigenvalue weighted by atomic mass is 10.0. The summed E-state index contributed by atoms with van der Waals surface area (Å²) in [5.41, 5.74) is 3.31. The van der Waals surface area contributed by atoms with Gasteiger partial charge in [0.05, 0.1) is 17.6 Å². The number of thiophene rings is 2. The Morgan fingerprint density at radius 1 is 1.02 bits per heavy atom. The fourth-order valence-electron chi connectivity index (χ4n) is 4.49. The van der Waals surface area contributed by atoms with Gasteiger partial charge >= 0.3 is 6.03 Å². The minimum atomic E-state index is -3.32. The number of halogens is 1. The van der Waals surface area contributed by atoms with Crippen molar-refractivity contribution in [3.8, 4) is 11.6 Å². The van der Waals surface area contributed by atoms with Gasteiger partial charge in [-0.05, 0) is 65.6 Å². The molecule has 1 fully saturated rings. The number of nitrogens with zero attached hydrogens (tertiary/aromatic N) is 3. The van der Waals surface area contributed by atoms with Crippen LogP contribution in [0.3, 0.4) is 0 Å². The number of rotatable bonds is 9. The molecule has 1 aliphatic heterocycles. The maximum absolute atomic E-state index is 13.2. The number of nitrogens with one attached hydrogen (secondary N) is 2. The fraction of sp³-hybridized carbons (Fsp3) is 0.259. The molecule has 5 rings (SSSR count). The second-order valence-corrected chi connectivity index (χ2v) is 12.6. The summed E-state index contributed by atoms with van der Waals surface area (Å²) in [6, 6.07) is 14.4. The van der Waals surface area contributed by atoms with Gasteiger partial charge in [0.15, 0.2) is 0 Å². The van der Waals surface area contributed by atoms with Crippen LogP contribution in [0.25, 0.3) is 0 Å². The highest BCUT2D eigenvalue weighted by atomic mass is 35.5. The number of hydrogen-bond donors (Lipinski definition) is 2. The number of carbonyl (C=O) groups is 1. The second kappa shape index (κ2) is 13.5. The van der Waals surface area contributed by atoms with Gasteiger partial charge in [-0.2, -0.15) is 22.7 Å². The van der Waals surface area contributed by atoms with E-state index in [1.807, 2.05) is 56.9 Å². The Bertz CT molecular complexity index is 1460. The van der Waals surface area contributed by atoms with E-state index in [0.29, 0.717) is 17.3 Å². The number of pyridine rings is 1. The van der Waals surface area contributed by atoms with Crippen LogP contribution in [0.2, 0.25) is 0 Å². The molecule has 1 saturated heterocycles. The number of anilines is 3. The van der Waals surface area contributed by atoms with Crippen molar-refractivity contribution in [1.29, 1.82) is 0 Å². The Hall–Kier alpha value is -3.16. The van der Waals surface area contributed by atoms with Gasteiger partial charge in [0.25, 0.3) is 0 Å². The van der Waals surface area contributed by atoms with Crippen LogP contribution in [0.1, 0.15) is 18.4 Å². The van der Waals surface area contributed by atoms with Gasteiger partial charge in [-0.25, -0.2) is 18.2 Å². The van der Waals surface area contributed by atoms with Crippen LogP contribution in [-0.2, 0) is 16.6 Å². The lowest BCUT2D eigenvalue weighted by Gasteiger charge is -2.38. The van der Waals surface area contributed by atoms with Crippen molar-refractivity contribution in [2.45, 2.75) is 25.4 Å². The number of likely N-dealkylation sites (tertiary alicyclic amines) is 1. The highest BCUT2D eigenvalue weighted by molar-refractivity contribution is 7.92. The lowest BCUT2D eigenvalue weighted by Crippen LogP contribution is -2.48. The van der Waals surface area contributed by atoms with Gasteiger partial charge in [-0.3, -0.25) is 14.5 Å². The number of ether oxygens (including phenoxy) is 1. The Kier molecular flexibility index (Phi) is 10.0. The van der Waals surface area contributed by atoms with E-state index in [9.17, 15) is 13.2 Å². The van der Waals surface area contributed by atoms with E-state index in [-0.39, 0.29) is 24.5 Å². The van der Waals surface area contributed by atoms with Crippen LogP contribution in [-0.4, -0.2) is 49.7 Å². The summed E-state index contributed by atoms with van der Waals surface area (Å²) in [6.07, 6.45) is 4.68. The first-order valence-corrected chi connectivity index (χ1v) is 16.2. The van der Waals surface area contributed by atoms with Gasteiger partial charge < -0.3 is 10.1 Å². The van der Waals surface area contributed by atoms with E-state index in [1.54, 1.807) is 46.9 Å². The van der Waals surface area contributed by atoms with Gasteiger partial charge in [-0.15, -0.1) is 12.4 Å². The maximum Gasteiger partial charge on any atom is 0.326 e. The van der Waals surface area contributed by atoms with Crippen molar-refractivity contribution in [2.75, 3.05) is 34.3 Å². The molecule has 2 amide bonds. The molecular weight excluding hydrogens is 590 g/mol. The summed E-state index contributed by atoms with van der Waals surface area (Å²) >= 11 is 3.15. The molecule has 4 heterocycles. The molecule has 0 radical (unpaired) electrons. The zero-order valence-corrected chi connectivity index (χ0v) is 25.0. The van der Waals surface area contributed by atoms with Crippen molar-refractivity contribution >= 4 is 68.2 Å². The third kappa shape index (κ3) is 8.18. The molecule has 1 aliphatic rings. The SMILES string of the molecule is CS(=O)(=O)Nc1ccc(Oc2ccc(CN3CCC(N(C(=O)Nc4ccsc4)c4ccsc4)CC3)cn2)cc1.Cl. The summed E-state index contributed by atoms with van der Waals surface area (Å²) in [6.45, 7) is 2.53. The average molecular weight is 620 g/mol. The van der Waals surface area contributed by atoms with Crippen LogP contribution in [0.15, 0.2) is 76.2 Å². The number of piperidine rings is 1. The first kappa shape index (κ1) is 29.8. The minimum Gasteiger partial charge on any atom is -0.439 e. The Balaban J connectivity index is 0.00000370. The molecule has 13 heteroatoms. The molecule has 3 aromatic heterocycles. The number of sulfonamides is 1. The molecule has 0 saturated carbocycles. The zero-order valence-electron chi connectivity index (χ0n) is 21.7. The summed E-state index contributed by atoms with van der Waals surface area (Å²) < 4.78 is 30.9. The number of urea groups is 1. The molecule has 0 aliphatic carbocycles. The predicted molar refractivity (Wildman–Crippen MR) is 165 cm³/mol. The van der Waals surface area contributed by atoms with Crippen molar-refractivity contribution in [2.24, 2.45) is 0 Å². The largest absolute Gasteiger partial charge is 0.439 e. The normalized spacial score (nSPS) is 14.2. The van der Waals surface area contributed by atoms with E-state index in [4.69, 9.17) is 4.74 Å². The van der Waals surface area contributed by atoms with Crippen molar-refractivity contribution in [1.82, 2.24) is 9.88 Å². The van der Waals surface area contributed by atoms with Crippen LogP contribution < -0.4 is 19.7 Å². The summed E-state index contributed by atoms with van der Waals surface area (Å²) in [5, 5.41) is 10.9. The highest BCUT2D eigenvalue weighted by Gasteiger charge is 2.29. The second-order valence-electron chi connectivity index (χ2n) is 9.31. The highest BCUT2D eigenvalue weighted by Crippen LogP contribution is 2.28. The van der Waals surface area contributed by atoms with Crippen LogP contribution in [0.5, 0.6) is 11.6 Å². The van der Waals surface area contributed by atoms with E-state index >= 15 is 0 Å². The smallest absolute Gasteiger partial charge is 0.326 e. The minimum absolute atomic E-state index is 0. The zero-order chi connectivity index (χ0) is 27.2. The van der Waals surface area contributed by atoms with Gasteiger partial charge in [-0.1, -0.05) is 6.07 Å². The molecule has 4 aromatic rings. The van der Waals surface area contributed by atoms with E-state index in [2.05, 4.69) is 19.9 Å². The molecule has 0 atom stereocenters. The molecule has 0 unspecified atom stereocenters. The van der Waals surface area contributed by atoms with Gasteiger partial charge in [0.1, 0.15) is 5.75 Å². The van der Waals surface area contributed by atoms with Crippen LogP contribution >= 0.6 is 35.1 Å². The van der Waals surface area contributed by atoms with Crippen LogP contribution in [0, 0.1) is 0 Å². The predicted octanol–water partition coefficient (Wildman–Crippen LogP) is 6.49. The number of hydrogen-bond acceptors (Lipinski definition) is 8. The molecule has 40 heavy (non-hydrogen) atoms. The number of aromatic nitrogens is 1. The summed E-state index contributed by atoms with van der Waals surface area (Å²) in [5.74, 6) is 1.03. The Morgan fingerprint density at radius 3 is 2.35 bits per heavy atom. The summed E-state index contributed by atoms with van der Waals surface area (Å²) in [4.78, 5) is 21.9. The molecule has 212 valence electrons. The van der Waals surface area contributed by atoms with Crippen molar-refractivity contribution in [3.05, 3.63) is 81.8 Å². The number of amides is 2. The van der Waals surface area contributed by atoms with Crippen molar-refractivity contribution in [3.63, 3.8) is 0 Å². The van der Waals surface area contributed by atoms with Crippen LogP contribution in [0.4, 0.5) is 21.9 Å². The quantitative estimate of drug-likeness (QED) is 0.222. The van der Waals surface area contributed by atoms with Gasteiger partial charge in [0, 0.05) is 54.4 Å². The fourth-order valence-corrected chi connectivity index (χ4v) is 6.27. The van der Waals surface area contributed by atoms with E-state index in [0.717, 1.165) is 55.7 Å². The molecule has 0 bridgehead atoms. The third-order valence-corrected chi connectivity index (χ3v) is 8.24. The molecular formula is C27H30ClN5O4S3. The molecule has 2 N–H and O–H groups in total. The van der Waals surface area contributed by atoms with Gasteiger partial charge in [0.2, 0.25) is 15.9 Å². The third-order valence-electron chi connectivity index (χ3n) is 6.28. The van der Waals surface area contributed by atoms with Crippen molar-refractivity contribution < 1.29 is 17.9 Å². The number of carbonyl (C=O) groups excluding carboxylic acids is 1. The molecule has 0 spiro atoms. The number of benzene rings is 1. The summed E-state index contributed by atoms with van der Waals surface area (Å²) in [7, 11) is -3.32. The van der Waals surface area contributed by atoms with E-state index < -0.39 is 10.0 Å². The maximum atomic E-state index is 13.2. The molecule has 1 aromatic carbocycles. The molecule has 9 nitrogen and oxygen atoms in total. The van der Waals surface area contributed by atoms with E-state index in [1.165, 1.54) is 0 Å².